The van der Waals surface area contributed by atoms with Crippen molar-refractivity contribution in [3.05, 3.63) is 0 Å². The molecule has 5 atom stereocenters. The van der Waals surface area contributed by atoms with Gasteiger partial charge in [-0.05, 0) is 62.1 Å². The molecule has 3 nitrogen and oxygen atoms in total. The van der Waals surface area contributed by atoms with E-state index in [9.17, 15) is 26.3 Å². The number of amidine groups is 1. The van der Waals surface area contributed by atoms with Crippen LogP contribution in [0.1, 0.15) is 70.6 Å². The zero-order valence-corrected chi connectivity index (χ0v) is 18.1. The second-order valence-electron chi connectivity index (χ2n) is 9.71. The van der Waals surface area contributed by atoms with Gasteiger partial charge in [0.15, 0.2) is 0 Å². The van der Waals surface area contributed by atoms with Crippen molar-refractivity contribution < 1.29 is 31.1 Å². The second-order valence-corrected chi connectivity index (χ2v) is 10.1. The summed E-state index contributed by atoms with van der Waals surface area (Å²) in [7, 11) is 0. The highest BCUT2D eigenvalue weighted by molar-refractivity contribution is 7.80. The van der Waals surface area contributed by atoms with E-state index in [0.29, 0.717) is 30.0 Å². The summed E-state index contributed by atoms with van der Waals surface area (Å²) in [4.78, 5) is 5.57. The SMILES string of the molecule is FC(F)(F)C1CC(N2C(=S)N=[N+]=C2CC2CCCC3CCCCC32)CC(C(F)(F)F)C1. The van der Waals surface area contributed by atoms with Crippen LogP contribution in [-0.2, 0) is 0 Å². The Hall–Kier alpha value is -1.15. The maximum Gasteiger partial charge on any atom is 0.391 e. The summed E-state index contributed by atoms with van der Waals surface area (Å²) in [6.45, 7) is 0. The van der Waals surface area contributed by atoms with Gasteiger partial charge in [0, 0.05) is 0 Å². The third kappa shape index (κ3) is 4.95. The molecule has 174 valence electrons. The van der Waals surface area contributed by atoms with E-state index in [2.05, 4.69) is 9.90 Å². The van der Waals surface area contributed by atoms with Crippen molar-refractivity contribution in [1.82, 2.24) is 4.90 Å². The van der Waals surface area contributed by atoms with Gasteiger partial charge in [0.1, 0.15) is 6.04 Å². The molecule has 0 aromatic carbocycles. The van der Waals surface area contributed by atoms with Crippen LogP contribution in [0, 0.1) is 29.6 Å². The average Bonchev–Trinajstić information content (AvgIpc) is 3.06. The summed E-state index contributed by atoms with van der Waals surface area (Å²) < 4.78 is 80.7. The molecule has 0 N–H and O–H groups in total. The highest BCUT2D eigenvalue weighted by atomic mass is 32.1. The van der Waals surface area contributed by atoms with Crippen LogP contribution in [0.3, 0.4) is 0 Å². The van der Waals surface area contributed by atoms with Crippen LogP contribution >= 0.6 is 12.2 Å². The molecule has 3 saturated carbocycles. The lowest BCUT2D eigenvalue weighted by Crippen LogP contribution is -2.50. The van der Waals surface area contributed by atoms with Crippen LogP contribution in [0.15, 0.2) is 5.11 Å². The second kappa shape index (κ2) is 8.65. The number of nitrogens with zero attached hydrogens (tertiary/aromatic N) is 3. The molecule has 0 saturated heterocycles. The Labute approximate surface area is 183 Å². The molecule has 1 heterocycles. The van der Waals surface area contributed by atoms with Gasteiger partial charge in [0.05, 0.1) is 23.4 Å². The lowest BCUT2D eigenvalue weighted by molar-refractivity contribution is -0.227. The molecule has 0 amide bonds. The van der Waals surface area contributed by atoms with Gasteiger partial charge in [-0.15, -0.1) is 0 Å². The zero-order valence-electron chi connectivity index (χ0n) is 17.3. The molecule has 5 unspecified atom stereocenters. The Morgan fingerprint density at radius 1 is 0.871 bits per heavy atom. The maximum atomic E-state index is 13.4. The smallest absolute Gasteiger partial charge is 0.182 e. The molecule has 0 bridgehead atoms. The van der Waals surface area contributed by atoms with Gasteiger partial charge in [-0.1, -0.05) is 36.9 Å². The van der Waals surface area contributed by atoms with E-state index in [4.69, 9.17) is 12.2 Å². The van der Waals surface area contributed by atoms with Crippen LogP contribution in [0.25, 0.3) is 0 Å². The highest BCUT2D eigenvalue weighted by Gasteiger charge is 2.56. The van der Waals surface area contributed by atoms with Crippen molar-refractivity contribution in [3.8, 4) is 0 Å². The minimum atomic E-state index is -4.67. The fourth-order valence-electron chi connectivity index (χ4n) is 6.41. The molecule has 10 heteroatoms. The Morgan fingerprint density at radius 2 is 1.48 bits per heavy atom. The lowest BCUT2D eigenvalue weighted by Gasteiger charge is -2.41. The van der Waals surface area contributed by atoms with Gasteiger partial charge in [-0.2, -0.15) is 31.2 Å². The van der Waals surface area contributed by atoms with E-state index in [0.717, 1.165) is 19.3 Å². The monoisotopic (exact) mass is 468 g/mol. The molecule has 4 aliphatic rings. The lowest BCUT2D eigenvalue weighted by atomic mass is 9.64. The van der Waals surface area contributed by atoms with E-state index in [1.165, 1.54) is 30.6 Å². The molecule has 0 spiro atoms. The Morgan fingerprint density at radius 3 is 2.13 bits per heavy atom. The predicted octanol–water partition coefficient (Wildman–Crippen LogP) is 6.55. The fraction of sp³-hybridized carbons (Fsp3) is 0.905. The zero-order chi connectivity index (χ0) is 22.4. The van der Waals surface area contributed by atoms with E-state index in [-0.39, 0.29) is 5.11 Å². The summed E-state index contributed by atoms with van der Waals surface area (Å²) in [5.74, 6) is -1.96. The van der Waals surface area contributed by atoms with E-state index >= 15 is 0 Å². The van der Waals surface area contributed by atoms with Crippen LogP contribution < -0.4 is 0 Å². The average molecular weight is 469 g/mol. The molecule has 1 aliphatic heterocycles. The summed E-state index contributed by atoms with van der Waals surface area (Å²) in [5, 5.41) is 3.90. The number of alkyl halides is 6. The first-order valence-corrected chi connectivity index (χ1v) is 11.7. The van der Waals surface area contributed by atoms with Crippen LogP contribution in [-0.4, -0.2) is 39.0 Å². The van der Waals surface area contributed by atoms with Gasteiger partial charge >= 0.3 is 23.3 Å². The van der Waals surface area contributed by atoms with Gasteiger partial charge < -0.3 is 0 Å². The van der Waals surface area contributed by atoms with Crippen molar-refractivity contribution in [3.63, 3.8) is 0 Å². The summed E-state index contributed by atoms with van der Waals surface area (Å²) in [5.41, 5.74) is 0. The largest absolute Gasteiger partial charge is 0.391 e. The Kier molecular flexibility index (Phi) is 6.43. The molecular formula is C21H28F6N3S+. The third-order valence-corrected chi connectivity index (χ3v) is 8.15. The van der Waals surface area contributed by atoms with E-state index < -0.39 is 49.5 Å². The quantitative estimate of drug-likeness (QED) is 0.267. The molecule has 3 fully saturated rings. The normalized spacial score (nSPS) is 37.0. The number of thiocarbonyl (C=S) groups is 1. The van der Waals surface area contributed by atoms with Gasteiger partial charge in [-0.25, -0.2) is 0 Å². The minimum absolute atomic E-state index is 0.000229. The topological polar surface area (TPSA) is 29.7 Å². The molecule has 0 radical (unpaired) electrons. The first kappa shape index (κ1) is 23.0. The van der Waals surface area contributed by atoms with Crippen molar-refractivity contribution in [2.24, 2.45) is 34.7 Å². The number of halogens is 6. The number of hydrogen-bond donors (Lipinski definition) is 0. The predicted molar refractivity (Wildman–Crippen MR) is 106 cm³/mol. The van der Waals surface area contributed by atoms with E-state index in [1.54, 1.807) is 0 Å². The third-order valence-electron chi connectivity index (χ3n) is 7.88. The van der Waals surface area contributed by atoms with Crippen molar-refractivity contribution >= 4 is 23.2 Å². The number of rotatable bonds is 3. The molecular weight excluding hydrogens is 440 g/mol. The van der Waals surface area contributed by atoms with Crippen molar-refractivity contribution in [2.45, 2.75) is 89.0 Å². The first-order valence-electron chi connectivity index (χ1n) is 11.3. The summed E-state index contributed by atoms with van der Waals surface area (Å²) >= 11 is 5.23. The Balaban J connectivity index is 1.53. The van der Waals surface area contributed by atoms with Crippen LogP contribution in [0.5, 0.6) is 0 Å². The Bertz CT molecular complexity index is 733. The molecule has 0 aromatic rings. The van der Waals surface area contributed by atoms with Gasteiger partial charge in [0.25, 0.3) is 0 Å². The van der Waals surface area contributed by atoms with Crippen LogP contribution in [0.2, 0.25) is 0 Å². The minimum Gasteiger partial charge on any atom is -0.182 e. The molecule has 4 rings (SSSR count). The van der Waals surface area contributed by atoms with Crippen molar-refractivity contribution in [1.29, 1.82) is 0 Å². The van der Waals surface area contributed by atoms with Crippen LogP contribution in [0.4, 0.5) is 26.3 Å². The van der Waals surface area contributed by atoms with Crippen molar-refractivity contribution in [2.75, 3.05) is 0 Å². The summed E-state index contributed by atoms with van der Waals surface area (Å²) in [6.07, 6.45) is -2.42. The molecule has 0 aromatic heterocycles. The highest BCUT2D eigenvalue weighted by Crippen LogP contribution is 2.48. The molecule has 31 heavy (non-hydrogen) atoms. The maximum absolute atomic E-state index is 13.4. The van der Waals surface area contributed by atoms with Gasteiger partial charge in [-0.3, -0.25) is 0 Å². The number of fused-ring (bicyclic) bond motifs is 1. The van der Waals surface area contributed by atoms with E-state index in [1.807, 2.05) is 0 Å². The van der Waals surface area contributed by atoms with Gasteiger partial charge in [0.2, 0.25) is 0 Å². The first-order chi connectivity index (χ1) is 14.5. The standard InChI is InChI=1S/C21H28F6N3S/c22-20(23,24)14-9-15(21(25,26)27)11-16(10-14)30-18(28-29-19(30)31)8-13-6-3-5-12-4-1-2-7-17(12)13/h12-17H,1-11H2/q+1. The summed E-state index contributed by atoms with van der Waals surface area (Å²) in [6, 6.07) is -0.977. The number of hydrogen-bond acceptors (Lipinski definition) is 1. The molecule has 3 aliphatic carbocycles. The fourth-order valence-corrected chi connectivity index (χ4v) is 6.70.